The van der Waals surface area contributed by atoms with Crippen LogP contribution in [-0.2, 0) is 6.42 Å². The van der Waals surface area contributed by atoms with Gasteiger partial charge in [-0.15, -0.1) is 0 Å². The molecule has 0 spiro atoms. The number of hydrogen-bond acceptors (Lipinski definition) is 1. The van der Waals surface area contributed by atoms with E-state index in [9.17, 15) is 0 Å². The van der Waals surface area contributed by atoms with Crippen molar-refractivity contribution >= 4 is 0 Å². The molecule has 0 radical (unpaired) electrons. The zero-order valence-corrected chi connectivity index (χ0v) is 11.3. The van der Waals surface area contributed by atoms with Gasteiger partial charge in [0.15, 0.2) is 0 Å². The lowest BCUT2D eigenvalue weighted by Crippen LogP contribution is -1.87. The van der Waals surface area contributed by atoms with E-state index in [-0.39, 0.29) is 0 Å². The Morgan fingerprint density at radius 2 is 1.69 bits per heavy atom. The molecule has 0 saturated heterocycles. The second kappa shape index (κ2) is 16.2. The van der Waals surface area contributed by atoms with Crippen molar-refractivity contribution < 1.29 is 0 Å². The first-order valence-corrected chi connectivity index (χ1v) is 6.17. The third-order valence-corrected chi connectivity index (χ3v) is 1.87. The molecule has 1 aromatic carbocycles. The summed E-state index contributed by atoms with van der Waals surface area (Å²) >= 11 is 0. The van der Waals surface area contributed by atoms with Gasteiger partial charge in [0.1, 0.15) is 0 Å². The Hall–Kier alpha value is -1.24. The minimum Gasteiger partial charge on any atom is -0.394 e. The number of rotatable bonds is 4. The predicted molar refractivity (Wildman–Crippen MR) is 75.7 cm³/mol. The maximum absolute atomic E-state index is 3.37. The summed E-state index contributed by atoms with van der Waals surface area (Å²) in [4.78, 5) is 0. The topological polar surface area (TPSA) is 12.0 Å². The molecule has 0 amide bonds. The highest BCUT2D eigenvalue weighted by molar-refractivity contribution is 5.14. The predicted octanol–water partition coefficient (Wildman–Crippen LogP) is 4.40. The highest BCUT2D eigenvalue weighted by Gasteiger charge is 1.87. The molecule has 0 aromatic heterocycles. The zero-order valence-electron chi connectivity index (χ0n) is 11.3. The van der Waals surface area contributed by atoms with Crippen molar-refractivity contribution in [1.82, 2.24) is 5.32 Å². The van der Waals surface area contributed by atoms with Gasteiger partial charge in [0.05, 0.1) is 0 Å². The lowest BCUT2D eigenvalue weighted by atomic mass is 10.1. The molecule has 92 valence electrons. The van der Waals surface area contributed by atoms with Crippen LogP contribution in [0.5, 0.6) is 0 Å². The molecule has 0 aliphatic carbocycles. The van der Waals surface area contributed by atoms with E-state index >= 15 is 0 Å². The number of aryl methyl sites for hydroxylation is 1. The van der Waals surface area contributed by atoms with Gasteiger partial charge < -0.3 is 5.32 Å². The van der Waals surface area contributed by atoms with Crippen LogP contribution in [0, 0.1) is 0 Å². The lowest BCUT2D eigenvalue weighted by Gasteiger charge is -1.96. The summed E-state index contributed by atoms with van der Waals surface area (Å²) in [5.41, 5.74) is 1.46. The highest BCUT2D eigenvalue weighted by atomic mass is 14.8. The van der Waals surface area contributed by atoms with Crippen LogP contribution >= 0.6 is 0 Å². The van der Waals surface area contributed by atoms with Crippen LogP contribution in [0.15, 0.2) is 43.1 Å². The molecule has 0 fully saturated rings. The Morgan fingerprint density at radius 3 is 2.06 bits per heavy atom. The minimum absolute atomic E-state index is 1.23. The molecule has 1 nitrogen and oxygen atoms in total. The molecule has 0 aliphatic heterocycles. The van der Waals surface area contributed by atoms with Crippen LogP contribution in [-0.4, -0.2) is 7.05 Å². The summed E-state index contributed by atoms with van der Waals surface area (Å²) in [5.74, 6) is 0. The molecular formula is C15H27N. The summed E-state index contributed by atoms with van der Waals surface area (Å²) in [7, 11) is 1.81. The molecule has 1 heteroatoms. The van der Waals surface area contributed by atoms with Crippen LogP contribution < -0.4 is 5.32 Å². The van der Waals surface area contributed by atoms with E-state index in [2.05, 4.69) is 49.2 Å². The van der Waals surface area contributed by atoms with Crippen molar-refractivity contribution in [2.24, 2.45) is 0 Å². The molecule has 1 aromatic rings. The second-order valence-corrected chi connectivity index (χ2v) is 3.08. The monoisotopic (exact) mass is 221 g/mol. The fourth-order valence-corrected chi connectivity index (χ4v) is 1.03. The van der Waals surface area contributed by atoms with Gasteiger partial charge in [-0.25, -0.2) is 0 Å². The van der Waals surface area contributed by atoms with Gasteiger partial charge in [0.2, 0.25) is 0 Å². The summed E-state index contributed by atoms with van der Waals surface area (Å²) in [6, 6.07) is 10.6. The van der Waals surface area contributed by atoms with Gasteiger partial charge >= 0.3 is 0 Å². The summed E-state index contributed by atoms with van der Waals surface area (Å²) in [6.45, 7) is 9.59. The minimum atomic E-state index is 1.23. The van der Waals surface area contributed by atoms with Crippen molar-refractivity contribution in [2.45, 2.75) is 40.0 Å². The first-order valence-electron chi connectivity index (χ1n) is 6.17. The van der Waals surface area contributed by atoms with E-state index in [0.717, 1.165) is 0 Å². The number of unbranched alkanes of at least 4 members (excludes halogenated alkanes) is 1. The number of benzene rings is 1. The van der Waals surface area contributed by atoms with Crippen LogP contribution in [0.1, 0.15) is 39.2 Å². The highest BCUT2D eigenvalue weighted by Crippen LogP contribution is 2.03. The van der Waals surface area contributed by atoms with Crippen molar-refractivity contribution in [3.05, 3.63) is 48.7 Å². The SMILES string of the molecule is C=CNC.CC.CCCCc1ccccc1. The lowest BCUT2D eigenvalue weighted by molar-refractivity contribution is 0.795. The second-order valence-electron chi connectivity index (χ2n) is 3.08. The summed E-state index contributed by atoms with van der Waals surface area (Å²) in [6.07, 6.45) is 5.45. The van der Waals surface area contributed by atoms with Crippen molar-refractivity contribution in [3.63, 3.8) is 0 Å². The van der Waals surface area contributed by atoms with E-state index in [1.165, 1.54) is 24.8 Å². The molecule has 1 rings (SSSR count). The third-order valence-electron chi connectivity index (χ3n) is 1.87. The first kappa shape index (κ1) is 17.2. The van der Waals surface area contributed by atoms with Gasteiger partial charge in [-0.05, 0) is 24.6 Å². The van der Waals surface area contributed by atoms with Gasteiger partial charge in [0.25, 0.3) is 0 Å². The Kier molecular flexibility index (Phi) is 17.4. The number of hydrogen-bond donors (Lipinski definition) is 1. The Morgan fingerprint density at radius 1 is 1.19 bits per heavy atom. The zero-order chi connectivity index (χ0) is 12.6. The maximum Gasteiger partial charge on any atom is 0.00275 e. The standard InChI is InChI=1S/C10H14.C3H7N.C2H6/c1-2-3-7-10-8-5-4-6-9-10;1-3-4-2;1-2/h4-6,8-9H,2-3,7H2,1H3;3-4H,1H2,2H3;1-2H3. The van der Waals surface area contributed by atoms with E-state index in [1.807, 2.05) is 20.9 Å². The summed E-state index contributed by atoms with van der Waals surface area (Å²) < 4.78 is 0. The van der Waals surface area contributed by atoms with Crippen LogP contribution in [0.4, 0.5) is 0 Å². The molecule has 0 atom stereocenters. The van der Waals surface area contributed by atoms with E-state index in [4.69, 9.17) is 0 Å². The van der Waals surface area contributed by atoms with E-state index in [1.54, 1.807) is 6.20 Å². The molecule has 0 saturated carbocycles. The van der Waals surface area contributed by atoms with Crippen molar-refractivity contribution in [1.29, 1.82) is 0 Å². The van der Waals surface area contributed by atoms with Gasteiger partial charge in [0, 0.05) is 7.05 Å². The average molecular weight is 221 g/mol. The molecular weight excluding hydrogens is 194 g/mol. The summed E-state index contributed by atoms with van der Waals surface area (Å²) in [5, 5.41) is 2.69. The fraction of sp³-hybridized carbons (Fsp3) is 0.467. The molecule has 0 aliphatic rings. The number of nitrogens with one attached hydrogen (secondary N) is 1. The van der Waals surface area contributed by atoms with Gasteiger partial charge in [-0.3, -0.25) is 0 Å². The average Bonchev–Trinajstić information content (AvgIpc) is 2.40. The smallest absolute Gasteiger partial charge is 0.00275 e. The largest absolute Gasteiger partial charge is 0.394 e. The van der Waals surface area contributed by atoms with Gasteiger partial charge in [-0.2, -0.15) is 0 Å². The molecule has 16 heavy (non-hydrogen) atoms. The molecule has 0 heterocycles. The molecule has 0 bridgehead atoms. The van der Waals surface area contributed by atoms with E-state index < -0.39 is 0 Å². The van der Waals surface area contributed by atoms with Gasteiger partial charge in [-0.1, -0.05) is 64.1 Å². The van der Waals surface area contributed by atoms with Crippen molar-refractivity contribution in [3.8, 4) is 0 Å². The Bertz CT molecular complexity index is 216. The van der Waals surface area contributed by atoms with Crippen LogP contribution in [0.3, 0.4) is 0 Å². The normalized spacial score (nSPS) is 7.75. The quantitative estimate of drug-likeness (QED) is 0.794. The Balaban J connectivity index is 0. The molecule has 1 N–H and O–H groups in total. The Labute approximate surface area is 102 Å². The van der Waals surface area contributed by atoms with Crippen LogP contribution in [0.25, 0.3) is 0 Å². The fourth-order valence-electron chi connectivity index (χ4n) is 1.03. The maximum atomic E-state index is 3.37. The third kappa shape index (κ3) is 12.8. The first-order chi connectivity index (χ1) is 7.85. The molecule has 0 unspecified atom stereocenters. The van der Waals surface area contributed by atoms with Crippen molar-refractivity contribution in [2.75, 3.05) is 7.05 Å². The van der Waals surface area contributed by atoms with E-state index in [0.29, 0.717) is 0 Å². The van der Waals surface area contributed by atoms with Crippen LogP contribution in [0.2, 0.25) is 0 Å².